The topological polar surface area (TPSA) is 75.3 Å². The quantitative estimate of drug-likeness (QED) is 0.480. The van der Waals surface area contributed by atoms with Crippen LogP contribution in [0.25, 0.3) is 11.5 Å². The van der Waals surface area contributed by atoms with Gasteiger partial charge in [0, 0.05) is 30.5 Å². The Morgan fingerprint density at radius 2 is 1.93 bits per heavy atom. The molecule has 0 aliphatic carbocycles. The smallest absolute Gasteiger partial charge is 0.226 e. The number of benzene rings is 1. The molecule has 3 rings (SSSR count). The average Bonchev–Trinajstić information content (AvgIpc) is 3.29. The van der Waals surface area contributed by atoms with Gasteiger partial charge in [-0.05, 0) is 32.9 Å². The van der Waals surface area contributed by atoms with Gasteiger partial charge in [-0.1, -0.05) is 17.7 Å². The Labute approximate surface area is 163 Å². The number of aryl methyl sites for hydroxylation is 2. The Morgan fingerprint density at radius 3 is 2.63 bits per heavy atom. The second-order valence-corrected chi connectivity index (χ2v) is 7.30. The van der Waals surface area contributed by atoms with E-state index in [4.69, 9.17) is 4.42 Å². The SMILES string of the molecule is CCNC(=NCc1coc(-c2ccc(C)cc2)n1)NCCc1csc(C)n1. The van der Waals surface area contributed by atoms with Crippen molar-refractivity contribution >= 4 is 17.3 Å². The van der Waals surface area contributed by atoms with Gasteiger partial charge in [0.2, 0.25) is 5.89 Å². The van der Waals surface area contributed by atoms with E-state index in [2.05, 4.69) is 37.9 Å². The predicted octanol–water partition coefficient (Wildman–Crippen LogP) is 3.71. The van der Waals surface area contributed by atoms with Crippen molar-refractivity contribution < 1.29 is 4.42 Å². The van der Waals surface area contributed by atoms with Gasteiger partial charge in [-0.2, -0.15) is 0 Å². The number of aliphatic imine (C=N–C) groups is 1. The summed E-state index contributed by atoms with van der Waals surface area (Å²) in [6.45, 7) is 8.17. The first-order valence-corrected chi connectivity index (χ1v) is 9.96. The number of hydrogen-bond acceptors (Lipinski definition) is 5. The summed E-state index contributed by atoms with van der Waals surface area (Å²) in [5, 5.41) is 9.79. The molecule has 0 radical (unpaired) electrons. The van der Waals surface area contributed by atoms with Crippen LogP contribution in [0.4, 0.5) is 0 Å². The van der Waals surface area contributed by atoms with Crippen LogP contribution in [-0.2, 0) is 13.0 Å². The molecule has 6 nitrogen and oxygen atoms in total. The van der Waals surface area contributed by atoms with Gasteiger partial charge in [-0.15, -0.1) is 11.3 Å². The molecule has 0 saturated heterocycles. The molecule has 2 heterocycles. The average molecular weight is 384 g/mol. The molecule has 3 aromatic rings. The van der Waals surface area contributed by atoms with E-state index in [1.807, 2.05) is 38.1 Å². The van der Waals surface area contributed by atoms with Gasteiger partial charge in [0.1, 0.15) is 12.0 Å². The number of guanidine groups is 1. The van der Waals surface area contributed by atoms with E-state index in [9.17, 15) is 0 Å². The molecule has 0 unspecified atom stereocenters. The van der Waals surface area contributed by atoms with Crippen LogP contribution in [0.15, 0.2) is 45.3 Å². The number of hydrogen-bond donors (Lipinski definition) is 2. The third-order valence-electron chi connectivity index (χ3n) is 3.93. The maximum absolute atomic E-state index is 5.60. The summed E-state index contributed by atoms with van der Waals surface area (Å²) in [5.41, 5.74) is 4.10. The highest BCUT2D eigenvalue weighted by atomic mass is 32.1. The first-order chi connectivity index (χ1) is 13.1. The lowest BCUT2D eigenvalue weighted by molar-refractivity contribution is 0.572. The summed E-state index contributed by atoms with van der Waals surface area (Å²) in [7, 11) is 0. The van der Waals surface area contributed by atoms with Crippen molar-refractivity contribution in [2.45, 2.75) is 33.7 Å². The number of oxazole rings is 1. The second-order valence-electron chi connectivity index (χ2n) is 6.24. The number of rotatable bonds is 7. The van der Waals surface area contributed by atoms with Gasteiger partial charge in [-0.25, -0.2) is 15.0 Å². The van der Waals surface area contributed by atoms with Crippen LogP contribution in [0, 0.1) is 13.8 Å². The lowest BCUT2D eigenvalue weighted by Crippen LogP contribution is -2.38. The molecule has 0 bridgehead atoms. The molecule has 1 aromatic carbocycles. The molecular formula is C20H25N5OS. The minimum absolute atomic E-state index is 0.459. The number of nitrogens with one attached hydrogen (secondary N) is 2. The molecule has 0 atom stereocenters. The zero-order valence-electron chi connectivity index (χ0n) is 16.0. The van der Waals surface area contributed by atoms with E-state index in [1.54, 1.807) is 17.6 Å². The number of nitrogens with zero attached hydrogens (tertiary/aromatic N) is 3. The highest BCUT2D eigenvalue weighted by Crippen LogP contribution is 2.19. The Hall–Kier alpha value is -2.67. The molecule has 0 spiro atoms. The van der Waals surface area contributed by atoms with Gasteiger partial charge in [0.25, 0.3) is 0 Å². The zero-order chi connectivity index (χ0) is 19.1. The molecule has 2 N–H and O–H groups in total. The van der Waals surface area contributed by atoms with Crippen LogP contribution in [0.3, 0.4) is 0 Å². The van der Waals surface area contributed by atoms with Crippen LogP contribution in [-0.4, -0.2) is 29.0 Å². The molecule has 7 heteroatoms. The Morgan fingerprint density at radius 1 is 1.11 bits per heavy atom. The maximum Gasteiger partial charge on any atom is 0.226 e. The zero-order valence-corrected chi connectivity index (χ0v) is 16.8. The second kappa shape index (κ2) is 9.32. The van der Waals surface area contributed by atoms with Crippen molar-refractivity contribution in [3.63, 3.8) is 0 Å². The maximum atomic E-state index is 5.60. The van der Waals surface area contributed by atoms with Gasteiger partial charge in [-0.3, -0.25) is 0 Å². The largest absolute Gasteiger partial charge is 0.444 e. The first kappa shape index (κ1) is 19.1. The standard InChI is InChI=1S/C20H25N5OS/c1-4-21-20(22-10-9-17-13-27-15(3)24-17)23-11-18-12-26-19(25-18)16-7-5-14(2)6-8-16/h5-8,12-13H,4,9-11H2,1-3H3,(H2,21,22,23). The van der Waals surface area contributed by atoms with Crippen molar-refractivity contribution in [1.82, 2.24) is 20.6 Å². The molecule has 0 aliphatic rings. The molecule has 0 aliphatic heterocycles. The molecule has 2 aromatic heterocycles. The lowest BCUT2D eigenvalue weighted by Gasteiger charge is -2.10. The summed E-state index contributed by atoms with van der Waals surface area (Å²) in [6.07, 6.45) is 2.54. The third-order valence-corrected chi connectivity index (χ3v) is 4.76. The highest BCUT2D eigenvalue weighted by molar-refractivity contribution is 7.09. The lowest BCUT2D eigenvalue weighted by atomic mass is 10.1. The van der Waals surface area contributed by atoms with Gasteiger partial charge in [0.15, 0.2) is 5.96 Å². The summed E-state index contributed by atoms with van der Waals surface area (Å²) >= 11 is 1.68. The Balaban J connectivity index is 1.57. The fourth-order valence-corrected chi connectivity index (χ4v) is 3.19. The van der Waals surface area contributed by atoms with Crippen molar-refractivity contribution in [3.05, 3.63) is 57.9 Å². The van der Waals surface area contributed by atoms with Crippen LogP contribution >= 0.6 is 11.3 Å². The Kier molecular flexibility index (Phi) is 6.59. The normalized spacial score (nSPS) is 11.6. The minimum Gasteiger partial charge on any atom is -0.444 e. The Bertz CT molecular complexity index is 882. The van der Waals surface area contributed by atoms with Crippen LogP contribution in [0.2, 0.25) is 0 Å². The van der Waals surface area contributed by atoms with E-state index in [0.717, 1.165) is 47.4 Å². The number of thiazole rings is 1. The summed E-state index contributed by atoms with van der Waals surface area (Å²) < 4.78 is 5.60. The predicted molar refractivity (Wildman–Crippen MR) is 110 cm³/mol. The molecular weight excluding hydrogens is 358 g/mol. The van der Waals surface area contributed by atoms with E-state index >= 15 is 0 Å². The molecule has 0 fully saturated rings. The van der Waals surface area contributed by atoms with Crippen molar-refractivity contribution in [2.24, 2.45) is 4.99 Å². The fraction of sp³-hybridized carbons (Fsp3) is 0.350. The van der Waals surface area contributed by atoms with Gasteiger partial charge >= 0.3 is 0 Å². The van der Waals surface area contributed by atoms with E-state index in [0.29, 0.717) is 12.4 Å². The van der Waals surface area contributed by atoms with Crippen molar-refractivity contribution in [1.29, 1.82) is 0 Å². The van der Waals surface area contributed by atoms with E-state index in [1.165, 1.54) is 5.56 Å². The summed E-state index contributed by atoms with van der Waals surface area (Å²) in [5.74, 6) is 1.39. The molecule has 0 saturated carbocycles. The third kappa shape index (κ3) is 5.65. The molecule has 27 heavy (non-hydrogen) atoms. The van der Waals surface area contributed by atoms with Crippen LogP contribution in [0.1, 0.15) is 28.9 Å². The molecule has 142 valence electrons. The van der Waals surface area contributed by atoms with E-state index < -0.39 is 0 Å². The van der Waals surface area contributed by atoms with E-state index in [-0.39, 0.29) is 0 Å². The number of aromatic nitrogens is 2. The summed E-state index contributed by atoms with van der Waals surface area (Å²) in [4.78, 5) is 13.6. The van der Waals surface area contributed by atoms with Gasteiger partial charge < -0.3 is 15.1 Å². The fourth-order valence-electron chi connectivity index (χ4n) is 2.54. The minimum atomic E-state index is 0.459. The van der Waals surface area contributed by atoms with Crippen LogP contribution in [0.5, 0.6) is 0 Å². The summed E-state index contributed by atoms with van der Waals surface area (Å²) in [6, 6.07) is 8.13. The highest BCUT2D eigenvalue weighted by Gasteiger charge is 2.07. The van der Waals surface area contributed by atoms with Gasteiger partial charge in [0.05, 0.1) is 17.2 Å². The van der Waals surface area contributed by atoms with Crippen molar-refractivity contribution in [3.8, 4) is 11.5 Å². The van der Waals surface area contributed by atoms with Crippen LogP contribution < -0.4 is 10.6 Å². The monoisotopic (exact) mass is 383 g/mol. The van der Waals surface area contributed by atoms with Crippen molar-refractivity contribution in [2.75, 3.05) is 13.1 Å². The first-order valence-electron chi connectivity index (χ1n) is 9.08. The molecule has 0 amide bonds.